The lowest BCUT2D eigenvalue weighted by Crippen LogP contribution is -2.43. The number of imide groups is 1. The zero-order chi connectivity index (χ0) is 19.3. The van der Waals surface area contributed by atoms with Crippen molar-refractivity contribution >= 4 is 34.3 Å². The van der Waals surface area contributed by atoms with Gasteiger partial charge in [0.25, 0.3) is 0 Å². The van der Waals surface area contributed by atoms with E-state index in [9.17, 15) is 14.4 Å². The Balaban J connectivity index is 1.27. The molecule has 2 aromatic rings. The molecule has 4 atom stereocenters. The van der Waals surface area contributed by atoms with Gasteiger partial charge in [0.15, 0.2) is 0 Å². The highest BCUT2D eigenvalue weighted by molar-refractivity contribution is 6.06. The number of benzene rings is 2. The number of fused-ring (bicyclic) bond motifs is 2. The van der Waals surface area contributed by atoms with E-state index in [-0.39, 0.29) is 42.2 Å². The molecular formula is C22H21N3O3. The topological polar surface area (TPSA) is 78.5 Å². The van der Waals surface area contributed by atoms with Crippen LogP contribution < -0.4 is 10.6 Å². The summed E-state index contributed by atoms with van der Waals surface area (Å²) in [6.45, 7) is -0.0965. The van der Waals surface area contributed by atoms with Gasteiger partial charge in [-0.3, -0.25) is 14.5 Å². The monoisotopic (exact) mass is 375 g/mol. The molecule has 1 saturated carbocycles. The third-order valence-electron chi connectivity index (χ3n) is 6.29. The molecule has 1 saturated heterocycles. The van der Waals surface area contributed by atoms with Crippen molar-refractivity contribution in [2.45, 2.75) is 12.8 Å². The molecule has 4 unspecified atom stereocenters. The number of carbonyl (C=O) groups excluding carboxylic acids is 3. The van der Waals surface area contributed by atoms with Gasteiger partial charge < -0.3 is 10.6 Å². The second kappa shape index (κ2) is 6.48. The summed E-state index contributed by atoms with van der Waals surface area (Å²) >= 11 is 0. The molecule has 2 bridgehead atoms. The van der Waals surface area contributed by atoms with Crippen LogP contribution in [0.25, 0.3) is 10.8 Å². The van der Waals surface area contributed by atoms with Crippen molar-refractivity contribution in [3.63, 3.8) is 0 Å². The van der Waals surface area contributed by atoms with Gasteiger partial charge in [-0.2, -0.15) is 0 Å². The van der Waals surface area contributed by atoms with E-state index in [0.717, 1.165) is 23.6 Å². The lowest BCUT2D eigenvalue weighted by atomic mass is 9.63. The van der Waals surface area contributed by atoms with Crippen LogP contribution in [0.4, 0.5) is 10.5 Å². The number of allylic oxidation sites excluding steroid dienone is 2. The number of nitrogens with zero attached hydrogens (tertiary/aromatic N) is 1. The summed E-state index contributed by atoms with van der Waals surface area (Å²) in [5.74, 6) is -0.501. The van der Waals surface area contributed by atoms with Gasteiger partial charge in [0, 0.05) is 5.39 Å². The highest BCUT2D eigenvalue weighted by Crippen LogP contribution is 2.49. The van der Waals surface area contributed by atoms with Crippen molar-refractivity contribution < 1.29 is 14.4 Å². The summed E-state index contributed by atoms with van der Waals surface area (Å²) in [5, 5.41) is 7.45. The Labute approximate surface area is 162 Å². The van der Waals surface area contributed by atoms with Crippen molar-refractivity contribution in [1.29, 1.82) is 0 Å². The van der Waals surface area contributed by atoms with Gasteiger partial charge in [0.2, 0.25) is 11.8 Å². The first-order valence-electron chi connectivity index (χ1n) is 9.69. The molecule has 0 spiro atoms. The number of carbonyl (C=O) groups is 3. The molecule has 0 aromatic heterocycles. The summed E-state index contributed by atoms with van der Waals surface area (Å²) in [4.78, 5) is 39.2. The van der Waals surface area contributed by atoms with Crippen molar-refractivity contribution in [3.05, 3.63) is 54.6 Å². The highest BCUT2D eigenvalue weighted by Gasteiger charge is 2.56. The molecule has 6 nitrogen and oxygen atoms in total. The minimum atomic E-state index is -0.437. The standard InChI is InChI=1S/C22H21N3O3/c26-20-18-14-8-9-15(11-10-14)19(18)21(27)25(20)12-23-22(28)24-17-7-3-5-13-4-1-2-6-16(13)17/h1-9,14-15,18-19H,10-12H2,(H2,23,24,28). The fraction of sp³-hybridized carbons (Fsp3) is 0.318. The molecular weight excluding hydrogens is 354 g/mol. The second-order valence-electron chi connectivity index (χ2n) is 7.76. The molecule has 0 radical (unpaired) electrons. The Hall–Kier alpha value is -3.15. The van der Waals surface area contributed by atoms with Gasteiger partial charge in [-0.1, -0.05) is 48.6 Å². The molecule has 2 aromatic carbocycles. The van der Waals surface area contributed by atoms with Crippen molar-refractivity contribution in [2.75, 3.05) is 12.0 Å². The van der Waals surface area contributed by atoms with Crippen LogP contribution in [0.5, 0.6) is 0 Å². The molecule has 2 N–H and O–H groups in total. The predicted molar refractivity (Wildman–Crippen MR) is 105 cm³/mol. The number of anilines is 1. The molecule has 6 heteroatoms. The average Bonchev–Trinajstić information content (AvgIpc) is 3.00. The molecule has 2 fully saturated rings. The maximum absolute atomic E-state index is 12.8. The largest absolute Gasteiger partial charge is 0.320 e. The quantitative estimate of drug-likeness (QED) is 0.639. The molecule has 142 valence electrons. The van der Waals surface area contributed by atoms with E-state index >= 15 is 0 Å². The van der Waals surface area contributed by atoms with Crippen LogP contribution in [0, 0.1) is 23.7 Å². The molecule has 28 heavy (non-hydrogen) atoms. The van der Waals surface area contributed by atoms with E-state index in [2.05, 4.69) is 22.8 Å². The third kappa shape index (κ3) is 2.59. The number of hydrogen-bond donors (Lipinski definition) is 2. The fourth-order valence-corrected chi connectivity index (χ4v) is 4.94. The van der Waals surface area contributed by atoms with Gasteiger partial charge >= 0.3 is 6.03 Å². The summed E-state index contributed by atoms with van der Waals surface area (Å²) in [6.07, 6.45) is 6.10. The number of nitrogens with one attached hydrogen (secondary N) is 2. The zero-order valence-electron chi connectivity index (χ0n) is 15.3. The molecule has 4 aliphatic rings. The van der Waals surface area contributed by atoms with Gasteiger partial charge in [0.1, 0.15) is 6.67 Å². The Morgan fingerprint density at radius 3 is 2.25 bits per heavy atom. The maximum atomic E-state index is 12.8. The first-order chi connectivity index (χ1) is 13.6. The van der Waals surface area contributed by atoms with Crippen LogP contribution in [0.2, 0.25) is 0 Å². The Kier molecular flexibility index (Phi) is 3.93. The number of amides is 4. The Morgan fingerprint density at radius 1 is 0.929 bits per heavy atom. The minimum absolute atomic E-state index is 0.0965. The maximum Gasteiger partial charge on any atom is 0.320 e. The van der Waals surface area contributed by atoms with E-state index < -0.39 is 6.03 Å². The average molecular weight is 375 g/mol. The lowest BCUT2D eigenvalue weighted by molar-refractivity contribution is -0.140. The second-order valence-corrected chi connectivity index (χ2v) is 7.76. The van der Waals surface area contributed by atoms with Crippen LogP contribution >= 0.6 is 0 Å². The summed E-state index contributed by atoms with van der Waals surface area (Å²) in [6, 6.07) is 13.0. The molecule has 1 heterocycles. The smallest absolute Gasteiger partial charge is 0.320 e. The van der Waals surface area contributed by atoms with Crippen LogP contribution in [0.3, 0.4) is 0 Å². The molecule has 3 aliphatic carbocycles. The molecule has 4 amide bonds. The van der Waals surface area contributed by atoms with Crippen molar-refractivity contribution in [3.8, 4) is 0 Å². The highest BCUT2D eigenvalue weighted by atomic mass is 16.2. The zero-order valence-corrected chi connectivity index (χ0v) is 15.3. The van der Waals surface area contributed by atoms with Crippen molar-refractivity contribution in [1.82, 2.24) is 10.2 Å². The van der Waals surface area contributed by atoms with Gasteiger partial charge in [-0.25, -0.2) is 4.79 Å². The molecule has 1 aliphatic heterocycles. The van der Waals surface area contributed by atoms with Crippen LogP contribution in [-0.4, -0.2) is 29.4 Å². The summed E-state index contributed by atoms with van der Waals surface area (Å²) in [5.41, 5.74) is 0.686. The Bertz CT molecular complexity index is 978. The number of hydrogen-bond acceptors (Lipinski definition) is 3. The number of likely N-dealkylation sites (tertiary alicyclic amines) is 1. The minimum Gasteiger partial charge on any atom is -0.320 e. The van der Waals surface area contributed by atoms with Crippen LogP contribution in [0.1, 0.15) is 12.8 Å². The number of urea groups is 1. The third-order valence-corrected chi connectivity index (χ3v) is 6.29. The first kappa shape index (κ1) is 17.0. The van der Waals surface area contributed by atoms with E-state index in [1.807, 2.05) is 42.5 Å². The first-order valence-corrected chi connectivity index (χ1v) is 9.69. The molecule has 6 rings (SSSR count). The van der Waals surface area contributed by atoms with E-state index in [4.69, 9.17) is 0 Å². The predicted octanol–water partition coefficient (Wildman–Crippen LogP) is 3.12. The van der Waals surface area contributed by atoms with E-state index in [1.165, 1.54) is 4.90 Å². The van der Waals surface area contributed by atoms with Gasteiger partial charge in [0.05, 0.1) is 17.5 Å². The summed E-state index contributed by atoms with van der Waals surface area (Å²) < 4.78 is 0. The SMILES string of the molecule is O=C(NCN1C(=O)C2C3C=CC(CC3)C2C1=O)Nc1cccc2ccccc12. The van der Waals surface area contributed by atoms with E-state index in [1.54, 1.807) is 0 Å². The van der Waals surface area contributed by atoms with E-state index in [0.29, 0.717) is 5.69 Å². The van der Waals surface area contributed by atoms with Gasteiger partial charge in [-0.15, -0.1) is 0 Å². The van der Waals surface area contributed by atoms with Gasteiger partial charge in [-0.05, 0) is 36.1 Å². The summed E-state index contributed by atoms with van der Waals surface area (Å²) in [7, 11) is 0. The van der Waals surface area contributed by atoms with Crippen molar-refractivity contribution in [2.24, 2.45) is 23.7 Å². The Morgan fingerprint density at radius 2 is 1.57 bits per heavy atom. The normalized spacial score (nSPS) is 27.9. The van der Waals surface area contributed by atoms with Crippen LogP contribution in [-0.2, 0) is 9.59 Å². The fourth-order valence-electron chi connectivity index (χ4n) is 4.94. The van der Waals surface area contributed by atoms with Crippen LogP contribution in [0.15, 0.2) is 54.6 Å². The number of rotatable bonds is 3. The lowest BCUT2D eigenvalue weighted by Gasteiger charge is -2.38.